The van der Waals surface area contributed by atoms with E-state index in [1.807, 2.05) is 0 Å². The van der Waals surface area contributed by atoms with Gasteiger partial charge in [0, 0.05) is 11.4 Å². The fourth-order valence-corrected chi connectivity index (χ4v) is 3.27. The van der Waals surface area contributed by atoms with Gasteiger partial charge in [-0.25, -0.2) is 0 Å². The van der Waals surface area contributed by atoms with Crippen LogP contribution in [0.4, 0.5) is 0 Å². The molecule has 2 heteroatoms. The Labute approximate surface area is 66.5 Å². The van der Waals surface area contributed by atoms with Crippen molar-refractivity contribution in [1.29, 1.82) is 0 Å². The third-order valence-corrected chi connectivity index (χ3v) is 4.13. The zero-order chi connectivity index (χ0) is 6.86. The average molecular weight is 158 g/mol. The van der Waals surface area contributed by atoms with Crippen molar-refractivity contribution in [2.45, 2.75) is 30.4 Å². The summed E-state index contributed by atoms with van der Waals surface area (Å²) in [6, 6.07) is 0. The normalized spacial score (nSPS) is 40.8. The third kappa shape index (κ3) is 1.19. The summed E-state index contributed by atoms with van der Waals surface area (Å²) in [6.45, 7) is 2.03. The third-order valence-electron chi connectivity index (χ3n) is 2.50. The van der Waals surface area contributed by atoms with Crippen LogP contribution in [0, 0.1) is 0 Å². The summed E-state index contributed by atoms with van der Waals surface area (Å²) in [5.74, 6) is 1.36. The molecule has 1 spiro atoms. The van der Waals surface area contributed by atoms with E-state index in [9.17, 15) is 0 Å². The molecule has 58 valence electrons. The van der Waals surface area contributed by atoms with E-state index in [0.717, 1.165) is 13.2 Å². The van der Waals surface area contributed by atoms with E-state index in [0.29, 0.717) is 4.75 Å². The van der Waals surface area contributed by atoms with Crippen LogP contribution in [0.2, 0.25) is 0 Å². The van der Waals surface area contributed by atoms with Crippen molar-refractivity contribution in [3.63, 3.8) is 0 Å². The Bertz CT molecular complexity index is 110. The predicted octanol–water partition coefficient (Wildman–Crippen LogP) is 2.06. The SMILES string of the molecule is C1CCC2(CCOC2)SC1. The molecule has 1 nitrogen and oxygen atoms in total. The number of hydrogen-bond acceptors (Lipinski definition) is 2. The second-order valence-electron chi connectivity index (χ2n) is 3.29. The molecule has 0 saturated carbocycles. The van der Waals surface area contributed by atoms with Crippen molar-refractivity contribution in [1.82, 2.24) is 0 Å². The summed E-state index contributed by atoms with van der Waals surface area (Å²) in [7, 11) is 0. The number of hydrogen-bond donors (Lipinski definition) is 0. The molecular weight excluding hydrogens is 144 g/mol. The first-order valence-corrected chi connectivity index (χ1v) is 5.12. The lowest BCUT2D eigenvalue weighted by molar-refractivity contribution is 0.188. The summed E-state index contributed by atoms with van der Waals surface area (Å²) >= 11 is 2.15. The number of thioether (sulfide) groups is 1. The number of ether oxygens (including phenoxy) is 1. The molecule has 2 rings (SSSR count). The Morgan fingerprint density at radius 3 is 2.80 bits per heavy atom. The number of rotatable bonds is 0. The standard InChI is InChI=1S/C8H14OS/c1-2-6-10-8(3-1)4-5-9-7-8/h1-7H2. The molecular formula is C8H14OS. The van der Waals surface area contributed by atoms with Crippen LogP contribution < -0.4 is 0 Å². The highest BCUT2D eigenvalue weighted by Crippen LogP contribution is 2.42. The van der Waals surface area contributed by atoms with E-state index in [2.05, 4.69) is 11.8 Å². The highest BCUT2D eigenvalue weighted by Gasteiger charge is 2.36. The summed E-state index contributed by atoms with van der Waals surface area (Å²) < 4.78 is 5.98. The van der Waals surface area contributed by atoms with Crippen LogP contribution in [0.25, 0.3) is 0 Å². The van der Waals surface area contributed by atoms with Crippen LogP contribution in [0.1, 0.15) is 25.7 Å². The maximum atomic E-state index is 5.42. The first-order chi connectivity index (χ1) is 4.91. The van der Waals surface area contributed by atoms with Crippen LogP contribution >= 0.6 is 11.8 Å². The molecule has 0 radical (unpaired) electrons. The van der Waals surface area contributed by atoms with Gasteiger partial charge in [0.1, 0.15) is 0 Å². The molecule has 0 aliphatic carbocycles. The highest BCUT2D eigenvalue weighted by atomic mass is 32.2. The lowest BCUT2D eigenvalue weighted by Gasteiger charge is -2.30. The second kappa shape index (κ2) is 2.74. The molecule has 0 bridgehead atoms. The van der Waals surface area contributed by atoms with Crippen LogP contribution in [0.5, 0.6) is 0 Å². The molecule has 2 aliphatic rings. The Hall–Kier alpha value is 0.310. The maximum absolute atomic E-state index is 5.42. The lowest BCUT2D eigenvalue weighted by Crippen LogP contribution is -2.28. The van der Waals surface area contributed by atoms with Crippen molar-refractivity contribution >= 4 is 11.8 Å². The predicted molar refractivity (Wildman–Crippen MR) is 44.5 cm³/mol. The van der Waals surface area contributed by atoms with Crippen molar-refractivity contribution in [3.05, 3.63) is 0 Å². The maximum Gasteiger partial charge on any atom is 0.0614 e. The molecule has 0 aromatic heterocycles. The minimum Gasteiger partial charge on any atom is -0.380 e. The van der Waals surface area contributed by atoms with Crippen LogP contribution in [-0.2, 0) is 4.74 Å². The van der Waals surface area contributed by atoms with Crippen molar-refractivity contribution in [3.8, 4) is 0 Å². The van der Waals surface area contributed by atoms with Gasteiger partial charge in [0.15, 0.2) is 0 Å². The van der Waals surface area contributed by atoms with Gasteiger partial charge in [0.05, 0.1) is 6.61 Å². The molecule has 0 aromatic rings. The molecule has 2 heterocycles. The second-order valence-corrected chi connectivity index (χ2v) is 4.85. The van der Waals surface area contributed by atoms with Crippen molar-refractivity contribution < 1.29 is 4.74 Å². The molecule has 1 atom stereocenters. The molecule has 2 fully saturated rings. The van der Waals surface area contributed by atoms with E-state index in [4.69, 9.17) is 4.74 Å². The highest BCUT2D eigenvalue weighted by molar-refractivity contribution is 8.00. The minimum atomic E-state index is 0.568. The quantitative estimate of drug-likeness (QED) is 0.533. The van der Waals surface area contributed by atoms with Crippen LogP contribution in [0.3, 0.4) is 0 Å². The van der Waals surface area contributed by atoms with E-state index in [-0.39, 0.29) is 0 Å². The summed E-state index contributed by atoms with van der Waals surface area (Å²) in [4.78, 5) is 0. The van der Waals surface area contributed by atoms with Gasteiger partial charge >= 0.3 is 0 Å². The van der Waals surface area contributed by atoms with Crippen LogP contribution in [-0.4, -0.2) is 23.7 Å². The van der Waals surface area contributed by atoms with Gasteiger partial charge in [-0.2, -0.15) is 11.8 Å². The average Bonchev–Trinajstić information content (AvgIpc) is 2.39. The zero-order valence-corrected chi connectivity index (χ0v) is 7.08. The smallest absolute Gasteiger partial charge is 0.0614 e. The fourth-order valence-electron chi connectivity index (χ4n) is 1.81. The Balaban J connectivity index is 1.98. The van der Waals surface area contributed by atoms with Crippen molar-refractivity contribution in [2.75, 3.05) is 19.0 Å². The summed E-state index contributed by atoms with van der Waals surface area (Å²) in [5, 5.41) is 0. The van der Waals surface area contributed by atoms with Gasteiger partial charge in [-0.15, -0.1) is 0 Å². The molecule has 2 aliphatic heterocycles. The Kier molecular flexibility index (Phi) is 1.92. The topological polar surface area (TPSA) is 9.23 Å². The molecule has 0 amide bonds. The molecule has 0 aromatic carbocycles. The van der Waals surface area contributed by atoms with Gasteiger partial charge < -0.3 is 4.74 Å². The first kappa shape index (κ1) is 6.99. The molecule has 10 heavy (non-hydrogen) atoms. The lowest BCUT2D eigenvalue weighted by atomic mass is 10.00. The molecule has 1 unspecified atom stereocenters. The molecule has 2 saturated heterocycles. The largest absolute Gasteiger partial charge is 0.380 e. The van der Waals surface area contributed by atoms with Gasteiger partial charge in [0.2, 0.25) is 0 Å². The monoisotopic (exact) mass is 158 g/mol. The van der Waals surface area contributed by atoms with Gasteiger partial charge in [-0.05, 0) is 25.0 Å². The zero-order valence-electron chi connectivity index (χ0n) is 6.27. The Morgan fingerprint density at radius 2 is 2.20 bits per heavy atom. The minimum absolute atomic E-state index is 0.568. The first-order valence-electron chi connectivity index (χ1n) is 4.13. The van der Waals surface area contributed by atoms with Crippen LogP contribution in [0.15, 0.2) is 0 Å². The summed E-state index contributed by atoms with van der Waals surface area (Å²) in [6.07, 6.45) is 5.55. The van der Waals surface area contributed by atoms with E-state index in [1.54, 1.807) is 0 Å². The fraction of sp³-hybridized carbons (Fsp3) is 1.00. The van der Waals surface area contributed by atoms with Gasteiger partial charge in [-0.3, -0.25) is 0 Å². The van der Waals surface area contributed by atoms with E-state index in [1.165, 1.54) is 31.4 Å². The van der Waals surface area contributed by atoms with Crippen molar-refractivity contribution in [2.24, 2.45) is 0 Å². The Morgan fingerprint density at radius 1 is 1.20 bits per heavy atom. The van der Waals surface area contributed by atoms with E-state index >= 15 is 0 Å². The van der Waals surface area contributed by atoms with E-state index < -0.39 is 0 Å². The van der Waals surface area contributed by atoms with Gasteiger partial charge in [-0.1, -0.05) is 6.42 Å². The van der Waals surface area contributed by atoms with Gasteiger partial charge in [0.25, 0.3) is 0 Å². The molecule has 0 N–H and O–H groups in total. The summed E-state index contributed by atoms with van der Waals surface area (Å²) in [5.41, 5.74) is 0.